The van der Waals surface area contributed by atoms with E-state index < -0.39 is 24.5 Å². The number of rotatable bonds is 9. The molecule has 1 aliphatic heterocycles. The van der Waals surface area contributed by atoms with Gasteiger partial charge in [-0.3, -0.25) is 14.6 Å². The second kappa shape index (κ2) is 10.3. The number of aliphatic hydroxyl groups excluding tert-OH is 2. The van der Waals surface area contributed by atoms with E-state index >= 15 is 0 Å². The predicted molar refractivity (Wildman–Crippen MR) is 117 cm³/mol. The molecule has 174 valence electrons. The molecule has 1 aromatic heterocycles. The maximum atomic E-state index is 12.3. The van der Waals surface area contributed by atoms with Gasteiger partial charge in [0.15, 0.2) is 18.4 Å². The highest BCUT2D eigenvalue weighted by Gasteiger charge is 2.22. The summed E-state index contributed by atoms with van der Waals surface area (Å²) in [5.41, 5.74) is 6.53. The lowest BCUT2D eigenvalue weighted by Crippen LogP contribution is -2.43. The van der Waals surface area contributed by atoms with Gasteiger partial charge in [0.25, 0.3) is 11.5 Å². The summed E-state index contributed by atoms with van der Waals surface area (Å²) in [7, 11) is 0. The van der Waals surface area contributed by atoms with Gasteiger partial charge in [-0.1, -0.05) is 0 Å². The van der Waals surface area contributed by atoms with E-state index in [1.807, 2.05) is 0 Å². The summed E-state index contributed by atoms with van der Waals surface area (Å²) in [6, 6.07) is 5.37. The van der Waals surface area contributed by atoms with Crippen LogP contribution in [-0.4, -0.2) is 74.1 Å². The Labute approximate surface area is 182 Å². The van der Waals surface area contributed by atoms with Crippen molar-refractivity contribution < 1.29 is 25.2 Å². The Morgan fingerprint density at radius 2 is 1.91 bits per heavy atom. The van der Waals surface area contributed by atoms with Crippen LogP contribution in [-0.2, 0) is 0 Å². The number of aliphatic hydroxyl groups is 4. The van der Waals surface area contributed by atoms with Crippen molar-refractivity contribution >= 4 is 29.0 Å². The normalized spacial score (nSPS) is 16.1. The van der Waals surface area contributed by atoms with Crippen molar-refractivity contribution in [1.82, 2.24) is 15.3 Å². The van der Waals surface area contributed by atoms with E-state index in [-0.39, 0.29) is 30.4 Å². The number of fused-ring (bicyclic) bond motifs is 1. The Balaban J connectivity index is 1.53. The summed E-state index contributed by atoms with van der Waals surface area (Å²) < 4.78 is 0. The molecule has 11 N–H and O–H groups in total. The third-order valence-electron chi connectivity index (χ3n) is 4.91. The monoisotopic (exact) mass is 449 g/mol. The first-order chi connectivity index (χ1) is 15.2. The Morgan fingerprint density at radius 1 is 1.19 bits per heavy atom. The zero-order valence-corrected chi connectivity index (χ0v) is 17.1. The second-order valence-electron chi connectivity index (χ2n) is 7.41. The fourth-order valence-electron chi connectivity index (χ4n) is 3.21. The molecule has 2 atom stereocenters. The van der Waals surface area contributed by atoms with Crippen molar-refractivity contribution in [3.8, 4) is 0 Å². The molecule has 0 saturated carbocycles. The lowest BCUT2D eigenvalue weighted by Gasteiger charge is -2.27. The summed E-state index contributed by atoms with van der Waals surface area (Å²) in [5.74, 6) is -0.0879. The van der Waals surface area contributed by atoms with Gasteiger partial charge in [0.2, 0.25) is 5.95 Å². The van der Waals surface area contributed by atoms with Crippen LogP contribution in [0.1, 0.15) is 23.2 Å². The van der Waals surface area contributed by atoms with Gasteiger partial charge >= 0.3 is 0 Å². The summed E-state index contributed by atoms with van der Waals surface area (Å²) in [6.45, 7) is 0.994. The number of H-pyrrole nitrogens is 1. The average molecular weight is 449 g/mol. The van der Waals surface area contributed by atoms with Crippen molar-refractivity contribution in [2.75, 3.05) is 34.8 Å². The van der Waals surface area contributed by atoms with Crippen molar-refractivity contribution in [1.29, 1.82) is 0 Å². The number of amides is 1. The molecule has 13 heteroatoms. The van der Waals surface area contributed by atoms with E-state index in [1.165, 1.54) is 0 Å². The van der Waals surface area contributed by atoms with Gasteiger partial charge in [0.05, 0.1) is 12.1 Å². The number of hydrogen-bond donors (Lipinski definition) is 10. The van der Waals surface area contributed by atoms with Crippen LogP contribution in [0.2, 0.25) is 0 Å². The molecule has 2 unspecified atom stereocenters. The maximum Gasteiger partial charge on any atom is 0.277 e. The molecule has 0 spiro atoms. The molecule has 0 aliphatic carbocycles. The molecule has 0 radical (unpaired) electrons. The van der Waals surface area contributed by atoms with Crippen LogP contribution in [0.4, 0.5) is 23.1 Å². The molecule has 3 rings (SSSR count). The molecule has 0 bridgehead atoms. The summed E-state index contributed by atoms with van der Waals surface area (Å²) in [4.78, 5) is 30.8. The van der Waals surface area contributed by atoms with Crippen molar-refractivity contribution in [2.24, 2.45) is 0 Å². The summed E-state index contributed by atoms with van der Waals surface area (Å²) >= 11 is 0. The first-order valence-electron chi connectivity index (χ1n) is 10.00. The zero-order valence-electron chi connectivity index (χ0n) is 17.1. The number of carbonyl (C=O) groups excluding carboxylic acids is 1. The van der Waals surface area contributed by atoms with Gasteiger partial charge < -0.3 is 47.4 Å². The molecule has 1 amide bonds. The van der Waals surface area contributed by atoms with Gasteiger partial charge in [-0.05, 0) is 30.7 Å². The first kappa shape index (κ1) is 23.3. The molecular weight excluding hydrogens is 422 g/mol. The lowest BCUT2D eigenvalue weighted by atomic mass is 10.1. The van der Waals surface area contributed by atoms with Gasteiger partial charge in [-0.25, -0.2) is 0 Å². The fraction of sp³-hybridized carbons (Fsp3) is 0.421. The molecule has 1 aliphatic rings. The predicted octanol–water partition coefficient (Wildman–Crippen LogP) is -1.83. The van der Waals surface area contributed by atoms with Crippen molar-refractivity contribution in [2.45, 2.75) is 37.5 Å². The van der Waals surface area contributed by atoms with Crippen LogP contribution in [0.5, 0.6) is 0 Å². The SMILES string of the molecule is Nc1nc2c(c(=O)[nH]1)NC(CNc1ccc(C(=O)NC(CCC(O)O)C(O)O)cc1)CN2. The number of nitrogen functional groups attached to an aromatic ring is 1. The lowest BCUT2D eigenvalue weighted by molar-refractivity contribution is -0.0817. The third kappa shape index (κ3) is 6.07. The Hall–Kier alpha value is -3.39. The molecule has 13 nitrogen and oxygen atoms in total. The van der Waals surface area contributed by atoms with Gasteiger partial charge in [0, 0.05) is 30.8 Å². The van der Waals surface area contributed by atoms with E-state index in [9.17, 15) is 19.8 Å². The zero-order chi connectivity index (χ0) is 23.3. The van der Waals surface area contributed by atoms with Crippen LogP contribution in [0.3, 0.4) is 0 Å². The molecule has 2 aromatic rings. The molecular formula is C19H27N7O6. The minimum atomic E-state index is -1.83. The highest BCUT2D eigenvalue weighted by atomic mass is 16.5. The van der Waals surface area contributed by atoms with E-state index in [4.69, 9.17) is 15.9 Å². The number of aromatic amines is 1. The van der Waals surface area contributed by atoms with Gasteiger partial charge in [0.1, 0.15) is 5.69 Å². The van der Waals surface area contributed by atoms with Crippen molar-refractivity contribution in [3.05, 3.63) is 40.2 Å². The van der Waals surface area contributed by atoms with E-state index in [2.05, 4.69) is 31.2 Å². The standard InChI is InChI=1S/C19H27N7O6/c20-19-25-15-14(17(30)26-19)23-11(8-22-15)7-21-10-3-1-9(2-4-10)16(29)24-12(18(31)32)5-6-13(27)28/h1-4,11-13,18,21,23,27-28,31-32H,5-8H2,(H,24,29)(H4,20,22,25,26,30). The number of anilines is 4. The number of aromatic nitrogens is 2. The maximum absolute atomic E-state index is 12.3. The molecule has 32 heavy (non-hydrogen) atoms. The van der Waals surface area contributed by atoms with Gasteiger partial charge in [-0.2, -0.15) is 4.98 Å². The number of nitrogens with two attached hydrogens (primary N) is 1. The highest BCUT2D eigenvalue weighted by molar-refractivity contribution is 5.94. The first-order valence-corrected chi connectivity index (χ1v) is 10.00. The topological polar surface area (TPSA) is 218 Å². The second-order valence-corrected chi connectivity index (χ2v) is 7.41. The van der Waals surface area contributed by atoms with E-state index in [1.54, 1.807) is 24.3 Å². The van der Waals surface area contributed by atoms with E-state index in [0.717, 1.165) is 5.69 Å². The fourth-order valence-corrected chi connectivity index (χ4v) is 3.21. The summed E-state index contributed by atoms with van der Waals surface area (Å²) in [5, 5.41) is 48.4. The van der Waals surface area contributed by atoms with Gasteiger partial charge in [-0.15, -0.1) is 0 Å². The third-order valence-corrected chi connectivity index (χ3v) is 4.91. The number of benzene rings is 1. The molecule has 2 heterocycles. The number of nitrogens with one attached hydrogen (secondary N) is 5. The minimum absolute atomic E-state index is 0.0167. The summed E-state index contributed by atoms with van der Waals surface area (Å²) in [6.07, 6.45) is -3.57. The average Bonchev–Trinajstić information content (AvgIpc) is 2.75. The van der Waals surface area contributed by atoms with Crippen LogP contribution < -0.4 is 32.6 Å². The van der Waals surface area contributed by atoms with Crippen LogP contribution >= 0.6 is 0 Å². The molecule has 0 fully saturated rings. The number of carbonyl (C=O) groups is 1. The largest absolute Gasteiger partial charge is 0.383 e. The Morgan fingerprint density at radius 3 is 2.56 bits per heavy atom. The highest BCUT2D eigenvalue weighted by Crippen LogP contribution is 2.20. The number of hydrogen-bond acceptors (Lipinski definition) is 11. The molecule has 1 aromatic carbocycles. The molecule has 0 saturated heterocycles. The van der Waals surface area contributed by atoms with Crippen LogP contribution in [0, 0.1) is 0 Å². The Bertz CT molecular complexity index is 979. The minimum Gasteiger partial charge on any atom is -0.383 e. The van der Waals surface area contributed by atoms with E-state index in [0.29, 0.717) is 30.2 Å². The van der Waals surface area contributed by atoms with Crippen molar-refractivity contribution in [3.63, 3.8) is 0 Å². The Kier molecular flexibility index (Phi) is 7.48. The van der Waals surface area contributed by atoms with Crippen LogP contribution in [0.15, 0.2) is 29.1 Å². The van der Waals surface area contributed by atoms with Crippen LogP contribution in [0.25, 0.3) is 0 Å². The smallest absolute Gasteiger partial charge is 0.277 e. The quantitative estimate of drug-likeness (QED) is 0.192. The number of nitrogens with zero attached hydrogens (tertiary/aromatic N) is 1.